The van der Waals surface area contributed by atoms with Crippen LogP contribution in [-0.4, -0.2) is 31.6 Å². The maximum Gasteiger partial charge on any atom is 0.154 e. The van der Waals surface area contributed by atoms with Gasteiger partial charge in [0.05, 0.1) is 6.61 Å². The Bertz CT molecular complexity index is 402. The first-order valence-electron chi connectivity index (χ1n) is 4.57. The predicted octanol–water partition coefficient (Wildman–Crippen LogP) is 0.0919. The summed E-state index contributed by atoms with van der Waals surface area (Å²) < 4.78 is 22.7. The summed E-state index contributed by atoms with van der Waals surface area (Å²) in [6, 6.07) is 8.20. The minimum absolute atomic E-state index is 0.463. The van der Waals surface area contributed by atoms with Crippen molar-refractivity contribution < 1.29 is 13.5 Å². The van der Waals surface area contributed by atoms with E-state index in [9.17, 15) is 8.42 Å². The van der Waals surface area contributed by atoms with E-state index in [1.165, 1.54) is 0 Å². The van der Waals surface area contributed by atoms with Crippen LogP contribution in [0.5, 0.6) is 0 Å². The lowest BCUT2D eigenvalue weighted by Gasteiger charge is -2.20. The zero-order valence-electron chi connectivity index (χ0n) is 8.50. The van der Waals surface area contributed by atoms with Crippen molar-refractivity contribution in [2.24, 2.45) is 5.73 Å². The molecule has 0 heterocycles. The van der Waals surface area contributed by atoms with Crippen molar-refractivity contribution in [1.82, 2.24) is 0 Å². The summed E-state index contributed by atoms with van der Waals surface area (Å²) in [6.45, 7) is -0.463. The fourth-order valence-corrected chi connectivity index (χ4v) is 2.37. The van der Waals surface area contributed by atoms with E-state index in [-0.39, 0.29) is 0 Å². The van der Waals surface area contributed by atoms with Crippen LogP contribution >= 0.6 is 0 Å². The lowest BCUT2D eigenvalue weighted by atomic mass is 10.1. The van der Waals surface area contributed by atoms with Crippen LogP contribution in [0.1, 0.15) is 11.6 Å². The maximum absolute atomic E-state index is 11.3. The molecule has 1 aromatic carbocycles. The molecule has 0 saturated carbocycles. The van der Waals surface area contributed by atoms with Crippen molar-refractivity contribution >= 4 is 9.84 Å². The van der Waals surface area contributed by atoms with E-state index in [1.54, 1.807) is 24.3 Å². The van der Waals surface area contributed by atoms with Crippen molar-refractivity contribution in [1.29, 1.82) is 0 Å². The second-order valence-corrected chi connectivity index (χ2v) is 5.75. The molecule has 0 aliphatic carbocycles. The average molecular weight is 229 g/mol. The smallest absolute Gasteiger partial charge is 0.154 e. The van der Waals surface area contributed by atoms with Crippen LogP contribution in [0.25, 0.3) is 0 Å². The first-order chi connectivity index (χ1) is 6.96. The summed E-state index contributed by atoms with van der Waals surface area (Å²) >= 11 is 0. The second kappa shape index (κ2) is 4.74. The molecule has 0 aromatic heterocycles. The number of sulfone groups is 1. The van der Waals surface area contributed by atoms with Crippen LogP contribution in [-0.2, 0) is 9.84 Å². The molecule has 4 nitrogen and oxygen atoms in total. The minimum atomic E-state index is -3.34. The zero-order chi connectivity index (χ0) is 11.5. The number of aliphatic hydroxyl groups is 1. The molecular formula is C10H15NO3S. The average Bonchev–Trinajstić information content (AvgIpc) is 2.18. The molecular weight excluding hydrogens is 214 g/mol. The van der Waals surface area contributed by atoms with Gasteiger partial charge in [0.25, 0.3) is 0 Å². The number of aliphatic hydroxyl groups excluding tert-OH is 1. The van der Waals surface area contributed by atoms with Crippen molar-refractivity contribution in [2.75, 3.05) is 12.9 Å². The van der Waals surface area contributed by atoms with Gasteiger partial charge in [-0.2, -0.15) is 0 Å². The largest absolute Gasteiger partial charge is 0.395 e. The van der Waals surface area contributed by atoms with Gasteiger partial charge in [0, 0.05) is 12.3 Å². The standard InChI is InChI=1S/C10H15NO3S/c1-15(13,14)9(7-12)10(11)8-5-3-2-4-6-8/h2-6,9-10,12H,7,11H2,1H3/t9-,10+/m1/s1. The highest BCUT2D eigenvalue weighted by Crippen LogP contribution is 2.18. The first kappa shape index (κ1) is 12.2. The van der Waals surface area contributed by atoms with Crippen LogP contribution in [0.2, 0.25) is 0 Å². The third-order valence-corrected chi connectivity index (χ3v) is 3.86. The van der Waals surface area contributed by atoms with Crippen molar-refractivity contribution in [3.8, 4) is 0 Å². The van der Waals surface area contributed by atoms with Crippen LogP contribution < -0.4 is 5.73 Å². The highest BCUT2D eigenvalue weighted by molar-refractivity contribution is 7.91. The van der Waals surface area contributed by atoms with E-state index >= 15 is 0 Å². The van der Waals surface area contributed by atoms with E-state index in [0.717, 1.165) is 6.26 Å². The molecule has 0 amide bonds. The molecule has 0 radical (unpaired) electrons. The van der Waals surface area contributed by atoms with Crippen LogP contribution in [0.15, 0.2) is 30.3 Å². The number of hydrogen-bond acceptors (Lipinski definition) is 4. The third-order valence-electron chi connectivity index (χ3n) is 2.31. The van der Waals surface area contributed by atoms with Crippen molar-refractivity contribution in [3.05, 3.63) is 35.9 Å². The van der Waals surface area contributed by atoms with Crippen LogP contribution in [0.3, 0.4) is 0 Å². The van der Waals surface area contributed by atoms with E-state index in [2.05, 4.69) is 0 Å². The number of nitrogens with two attached hydrogens (primary N) is 1. The molecule has 0 saturated heterocycles. The first-order valence-corrected chi connectivity index (χ1v) is 6.52. The van der Waals surface area contributed by atoms with Crippen molar-refractivity contribution in [2.45, 2.75) is 11.3 Å². The van der Waals surface area contributed by atoms with Crippen LogP contribution in [0, 0.1) is 0 Å². The molecule has 5 heteroatoms. The Kier molecular flexibility index (Phi) is 3.84. The highest BCUT2D eigenvalue weighted by atomic mass is 32.2. The van der Waals surface area contributed by atoms with Gasteiger partial charge in [-0.1, -0.05) is 30.3 Å². The van der Waals surface area contributed by atoms with Crippen molar-refractivity contribution in [3.63, 3.8) is 0 Å². The Balaban J connectivity index is 2.98. The van der Waals surface area contributed by atoms with E-state index in [0.29, 0.717) is 5.56 Å². The highest BCUT2D eigenvalue weighted by Gasteiger charge is 2.27. The van der Waals surface area contributed by atoms with Gasteiger partial charge in [0.2, 0.25) is 0 Å². The minimum Gasteiger partial charge on any atom is -0.395 e. The number of benzene rings is 1. The summed E-state index contributed by atoms with van der Waals surface area (Å²) in [5.74, 6) is 0. The Hall–Kier alpha value is -0.910. The Morgan fingerprint density at radius 3 is 2.27 bits per heavy atom. The van der Waals surface area contributed by atoms with E-state index < -0.39 is 27.7 Å². The third kappa shape index (κ3) is 3.02. The van der Waals surface area contributed by atoms with Gasteiger partial charge in [-0.25, -0.2) is 8.42 Å². The molecule has 1 aromatic rings. The monoisotopic (exact) mass is 229 g/mol. The Morgan fingerprint density at radius 2 is 1.87 bits per heavy atom. The maximum atomic E-state index is 11.3. The molecule has 0 fully saturated rings. The molecule has 0 aliphatic heterocycles. The number of hydrogen-bond donors (Lipinski definition) is 2. The summed E-state index contributed by atoms with van der Waals surface area (Å²) in [4.78, 5) is 0. The molecule has 2 atom stereocenters. The van der Waals surface area contributed by atoms with Gasteiger partial charge in [-0.3, -0.25) is 0 Å². The quantitative estimate of drug-likeness (QED) is 0.767. The second-order valence-electron chi connectivity index (χ2n) is 3.49. The lowest BCUT2D eigenvalue weighted by molar-refractivity contribution is 0.278. The summed E-state index contributed by atoms with van der Waals surface area (Å²) in [7, 11) is -3.34. The van der Waals surface area contributed by atoms with Crippen LogP contribution in [0.4, 0.5) is 0 Å². The number of rotatable bonds is 4. The molecule has 1 rings (SSSR count). The van der Waals surface area contributed by atoms with E-state index in [4.69, 9.17) is 10.8 Å². The van der Waals surface area contributed by atoms with Gasteiger partial charge >= 0.3 is 0 Å². The molecule has 0 unspecified atom stereocenters. The SMILES string of the molecule is CS(=O)(=O)[C@H](CO)[C@@H](N)c1ccccc1. The summed E-state index contributed by atoms with van der Waals surface area (Å²) in [5, 5.41) is 8.09. The van der Waals surface area contributed by atoms with Gasteiger partial charge in [-0.05, 0) is 5.56 Å². The molecule has 84 valence electrons. The van der Waals surface area contributed by atoms with Gasteiger partial charge in [0.15, 0.2) is 9.84 Å². The fourth-order valence-electron chi connectivity index (χ4n) is 1.41. The zero-order valence-corrected chi connectivity index (χ0v) is 9.31. The molecule has 0 spiro atoms. The molecule has 3 N–H and O–H groups in total. The van der Waals surface area contributed by atoms with Gasteiger partial charge < -0.3 is 10.8 Å². The summed E-state index contributed by atoms with van der Waals surface area (Å²) in [5.41, 5.74) is 6.51. The molecule has 0 aliphatic rings. The topological polar surface area (TPSA) is 80.4 Å². The predicted molar refractivity (Wildman–Crippen MR) is 59.1 cm³/mol. The Morgan fingerprint density at radius 1 is 1.33 bits per heavy atom. The summed E-state index contributed by atoms with van der Waals surface area (Å²) in [6.07, 6.45) is 1.08. The molecule has 15 heavy (non-hydrogen) atoms. The Labute approximate surface area is 89.7 Å². The van der Waals surface area contributed by atoms with Gasteiger partial charge in [0.1, 0.15) is 5.25 Å². The fraction of sp³-hybridized carbons (Fsp3) is 0.400. The lowest BCUT2D eigenvalue weighted by Crippen LogP contribution is -2.36. The van der Waals surface area contributed by atoms with Gasteiger partial charge in [-0.15, -0.1) is 0 Å². The van der Waals surface area contributed by atoms with E-state index in [1.807, 2.05) is 6.07 Å². The molecule has 0 bridgehead atoms. The normalized spacial score (nSPS) is 15.9.